The van der Waals surface area contributed by atoms with Crippen molar-refractivity contribution in [1.29, 1.82) is 0 Å². The summed E-state index contributed by atoms with van der Waals surface area (Å²) in [6, 6.07) is 14.8. The van der Waals surface area contributed by atoms with Crippen LogP contribution >= 0.6 is 0 Å². The van der Waals surface area contributed by atoms with E-state index in [1.54, 1.807) is 42.5 Å². The number of unbranched alkanes of at least 4 members (excludes halogenated alkanes) is 1. The molecule has 3 rings (SSSR count). The van der Waals surface area contributed by atoms with E-state index in [1.807, 2.05) is 19.1 Å². The van der Waals surface area contributed by atoms with Crippen LogP contribution in [0.15, 0.2) is 63.8 Å². The van der Waals surface area contributed by atoms with Crippen molar-refractivity contribution in [2.45, 2.75) is 32.2 Å². The molecule has 0 saturated carbocycles. The van der Waals surface area contributed by atoms with Gasteiger partial charge >= 0.3 is 11.6 Å². The lowest BCUT2D eigenvalue weighted by atomic mass is 10.1. The number of carbonyl (C=O) groups excluding carboxylic acids is 1. The number of nitrogens with one attached hydrogen (secondary N) is 1. The van der Waals surface area contributed by atoms with E-state index in [9.17, 15) is 19.5 Å². The summed E-state index contributed by atoms with van der Waals surface area (Å²) in [4.78, 5) is 35.3. The molecule has 0 saturated heterocycles. The summed E-state index contributed by atoms with van der Waals surface area (Å²) >= 11 is 0. The van der Waals surface area contributed by atoms with Crippen LogP contribution < -0.4 is 15.7 Å². The molecule has 3 aromatic rings. The largest absolute Gasteiger partial charge is 0.484 e. The Morgan fingerprint density at radius 3 is 2.57 bits per heavy atom. The maximum absolute atomic E-state index is 12.1. The van der Waals surface area contributed by atoms with Crippen LogP contribution in [0.3, 0.4) is 0 Å². The first-order valence-corrected chi connectivity index (χ1v) is 9.76. The van der Waals surface area contributed by atoms with E-state index in [4.69, 9.17) is 9.15 Å². The molecule has 1 atom stereocenters. The fourth-order valence-corrected chi connectivity index (χ4v) is 3.04. The number of benzene rings is 2. The van der Waals surface area contributed by atoms with E-state index < -0.39 is 23.5 Å². The van der Waals surface area contributed by atoms with Crippen LogP contribution in [0.1, 0.15) is 26.2 Å². The SMILES string of the molecule is CCCC[C@H](NC(=O)COc1ccc(-c2cc3ccccc3c(=O)o2)cc1)C(=O)O. The van der Waals surface area contributed by atoms with Gasteiger partial charge in [-0.15, -0.1) is 0 Å². The molecule has 7 nitrogen and oxygen atoms in total. The Balaban J connectivity index is 1.63. The highest BCUT2D eigenvalue weighted by Gasteiger charge is 2.19. The lowest BCUT2D eigenvalue weighted by Crippen LogP contribution is -2.42. The molecule has 156 valence electrons. The smallest absolute Gasteiger partial charge is 0.344 e. The van der Waals surface area contributed by atoms with Gasteiger partial charge in [0.2, 0.25) is 0 Å². The Bertz CT molecular complexity index is 1090. The van der Waals surface area contributed by atoms with Crippen LogP contribution in [0.4, 0.5) is 0 Å². The van der Waals surface area contributed by atoms with Crippen molar-refractivity contribution in [1.82, 2.24) is 5.32 Å². The molecular weight excluding hydrogens is 386 g/mol. The molecule has 0 fully saturated rings. The third-order valence-corrected chi connectivity index (χ3v) is 4.66. The zero-order valence-corrected chi connectivity index (χ0v) is 16.6. The molecule has 7 heteroatoms. The molecule has 0 bridgehead atoms. The molecular formula is C23H23NO6. The quantitative estimate of drug-likeness (QED) is 0.559. The van der Waals surface area contributed by atoms with Gasteiger partial charge in [0.25, 0.3) is 5.91 Å². The summed E-state index contributed by atoms with van der Waals surface area (Å²) in [5.74, 6) is -0.679. The molecule has 2 aromatic carbocycles. The van der Waals surface area contributed by atoms with Crippen molar-refractivity contribution in [3.63, 3.8) is 0 Å². The average Bonchev–Trinajstić information content (AvgIpc) is 2.75. The van der Waals surface area contributed by atoms with Gasteiger partial charge in [-0.2, -0.15) is 0 Å². The Labute approximate surface area is 173 Å². The normalized spacial score (nSPS) is 11.8. The minimum atomic E-state index is -1.06. The molecule has 0 aliphatic rings. The standard InChI is InChI=1S/C23H23NO6/c1-2-3-8-19(22(26)27)24-21(25)14-29-17-11-9-15(10-12-17)20-13-16-6-4-5-7-18(16)23(28)30-20/h4-7,9-13,19H,2-3,8,14H2,1H3,(H,24,25)(H,26,27)/t19-/m0/s1. The summed E-state index contributed by atoms with van der Waals surface area (Å²) in [7, 11) is 0. The van der Waals surface area contributed by atoms with Crippen LogP contribution in [0.2, 0.25) is 0 Å². The van der Waals surface area contributed by atoms with E-state index in [-0.39, 0.29) is 6.61 Å². The van der Waals surface area contributed by atoms with Gasteiger partial charge in [-0.1, -0.05) is 38.0 Å². The van der Waals surface area contributed by atoms with Crippen LogP contribution in [0, 0.1) is 0 Å². The Morgan fingerprint density at radius 1 is 1.13 bits per heavy atom. The first kappa shape index (κ1) is 21.1. The fraction of sp³-hybridized carbons (Fsp3) is 0.261. The molecule has 2 N–H and O–H groups in total. The number of aliphatic carboxylic acids is 1. The van der Waals surface area contributed by atoms with E-state index in [0.717, 1.165) is 11.8 Å². The highest BCUT2D eigenvalue weighted by molar-refractivity contribution is 5.85. The maximum atomic E-state index is 12.1. The van der Waals surface area contributed by atoms with E-state index in [0.29, 0.717) is 35.3 Å². The maximum Gasteiger partial charge on any atom is 0.344 e. The minimum Gasteiger partial charge on any atom is -0.484 e. The van der Waals surface area contributed by atoms with Crippen molar-refractivity contribution < 1.29 is 23.8 Å². The number of carboxylic acid groups (broad SMARTS) is 1. The third-order valence-electron chi connectivity index (χ3n) is 4.66. The van der Waals surface area contributed by atoms with Crippen molar-refractivity contribution >= 4 is 22.6 Å². The third kappa shape index (κ3) is 5.26. The van der Waals surface area contributed by atoms with Crippen molar-refractivity contribution in [3.8, 4) is 17.1 Å². The summed E-state index contributed by atoms with van der Waals surface area (Å²) in [5, 5.41) is 12.9. The highest BCUT2D eigenvalue weighted by atomic mass is 16.5. The van der Waals surface area contributed by atoms with Crippen LogP contribution in [-0.4, -0.2) is 29.6 Å². The topological polar surface area (TPSA) is 106 Å². The highest BCUT2D eigenvalue weighted by Crippen LogP contribution is 2.24. The van der Waals surface area contributed by atoms with Gasteiger partial charge in [0, 0.05) is 5.56 Å². The Morgan fingerprint density at radius 2 is 1.87 bits per heavy atom. The van der Waals surface area contributed by atoms with Gasteiger partial charge in [-0.3, -0.25) is 4.79 Å². The predicted molar refractivity (Wildman–Crippen MR) is 113 cm³/mol. The molecule has 1 heterocycles. The van der Waals surface area contributed by atoms with Crippen molar-refractivity contribution in [2.75, 3.05) is 6.61 Å². The van der Waals surface area contributed by atoms with E-state index >= 15 is 0 Å². The molecule has 0 aliphatic carbocycles. The predicted octanol–water partition coefficient (Wildman–Crippen LogP) is 3.60. The fourth-order valence-electron chi connectivity index (χ4n) is 3.04. The van der Waals surface area contributed by atoms with Gasteiger partial charge in [0.05, 0.1) is 5.39 Å². The molecule has 0 spiro atoms. The number of carboxylic acids is 1. The number of hydrogen-bond donors (Lipinski definition) is 2. The Kier molecular flexibility index (Phi) is 6.85. The number of fused-ring (bicyclic) bond motifs is 1. The first-order chi connectivity index (χ1) is 14.5. The molecule has 0 unspecified atom stereocenters. The van der Waals surface area contributed by atoms with Gasteiger partial charge < -0.3 is 19.6 Å². The van der Waals surface area contributed by atoms with Crippen molar-refractivity contribution in [3.05, 3.63) is 65.0 Å². The van der Waals surface area contributed by atoms with Crippen molar-refractivity contribution in [2.24, 2.45) is 0 Å². The average molecular weight is 409 g/mol. The first-order valence-electron chi connectivity index (χ1n) is 9.76. The minimum absolute atomic E-state index is 0.291. The van der Waals surface area contributed by atoms with Gasteiger partial charge in [-0.05, 0) is 48.2 Å². The number of carbonyl (C=O) groups is 2. The molecule has 1 aromatic heterocycles. The zero-order valence-electron chi connectivity index (χ0n) is 16.6. The molecule has 0 radical (unpaired) electrons. The summed E-state index contributed by atoms with van der Waals surface area (Å²) < 4.78 is 10.8. The van der Waals surface area contributed by atoms with E-state index in [2.05, 4.69) is 5.32 Å². The second-order valence-corrected chi connectivity index (χ2v) is 6.90. The van der Waals surface area contributed by atoms with Crippen LogP contribution in [0.25, 0.3) is 22.1 Å². The van der Waals surface area contributed by atoms with Crippen LogP contribution in [0.5, 0.6) is 5.75 Å². The monoisotopic (exact) mass is 409 g/mol. The second-order valence-electron chi connectivity index (χ2n) is 6.90. The molecule has 1 amide bonds. The number of amides is 1. The summed E-state index contributed by atoms with van der Waals surface area (Å²) in [6.07, 6.45) is 1.94. The Hall–Kier alpha value is -3.61. The number of rotatable bonds is 9. The van der Waals surface area contributed by atoms with Gasteiger partial charge in [0.15, 0.2) is 6.61 Å². The summed E-state index contributed by atoms with van der Waals surface area (Å²) in [6.45, 7) is 1.66. The zero-order chi connectivity index (χ0) is 21.5. The van der Waals surface area contributed by atoms with Crippen LogP contribution in [-0.2, 0) is 9.59 Å². The number of hydrogen-bond acceptors (Lipinski definition) is 5. The lowest BCUT2D eigenvalue weighted by molar-refractivity contribution is -0.142. The van der Waals surface area contributed by atoms with Gasteiger partial charge in [0.1, 0.15) is 17.6 Å². The molecule has 0 aliphatic heterocycles. The van der Waals surface area contributed by atoms with Gasteiger partial charge in [-0.25, -0.2) is 9.59 Å². The molecule has 30 heavy (non-hydrogen) atoms. The second kappa shape index (κ2) is 9.73. The van der Waals surface area contributed by atoms with E-state index in [1.165, 1.54) is 0 Å². The summed E-state index contributed by atoms with van der Waals surface area (Å²) in [5.41, 5.74) is 0.288. The lowest BCUT2D eigenvalue weighted by Gasteiger charge is -2.14. The number of ether oxygens (including phenoxy) is 1.